The zero-order valence-corrected chi connectivity index (χ0v) is 16.5. The Morgan fingerprint density at radius 1 is 0.964 bits per heavy atom. The van der Waals surface area contributed by atoms with Crippen molar-refractivity contribution in [3.63, 3.8) is 0 Å². The van der Waals surface area contributed by atoms with Crippen molar-refractivity contribution in [3.8, 4) is 0 Å². The minimum Gasteiger partial charge on any atom is -0.344 e. The van der Waals surface area contributed by atoms with Crippen molar-refractivity contribution in [2.24, 2.45) is 0 Å². The third kappa shape index (κ3) is 4.38. The van der Waals surface area contributed by atoms with Gasteiger partial charge >= 0.3 is 0 Å². The van der Waals surface area contributed by atoms with Crippen LogP contribution in [0, 0.1) is 18.6 Å². The smallest absolute Gasteiger partial charge is 0.165 e. The lowest BCUT2D eigenvalue weighted by Crippen LogP contribution is -2.11. The zero-order chi connectivity index (χ0) is 20.3. The Kier molecular flexibility index (Phi) is 6.08. The van der Waals surface area contributed by atoms with Crippen LogP contribution < -0.4 is 0 Å². The summed E-state index contributed by atoms with van der Waals surface area (Å²) in [6, 6.07) is 15.9. The van der Waals surface area contributed by atoms with E-state index >= 15 is 0 Å². The molecule has 0 radical (unpaired) electrons. The largest absolute Gasteiger partial charge is 0.344 e. The van der Waals surface area contributed by atoms with Crippen LogP contribution >= 0.6 is 0 Å². The number of rotatable bonds is 7. The van der Waals surface area contributed by atoms with Gasteiger partial charge in [-0.2, -0.15) is 0 Å². The van der Waals surface area contributed by atoms with Crippen LogP contribution in [-0.2, 0) is 13.0 Å². The molecule has 0 bridgehead atoms. The summed E-state index contributed by atoms with van der Waals surface area (Å²) < 4.78 is 28.7. The highest BCUT2D eigenvalue weighted by atomic mass is 19.2. The van der Waals surface area contributed by atoms with Crippen LogP contribution in [0.15, 0.2) is 54.6 Å². The highest BCUT2D eigenvalue weighted by Crippen LogP contribution is 2.27. The summed E-state index contributed by atoms with van der Waals surface area (Å²) >= 11 is 0. The van der Waals surface area contributed by atoms with Crippen molar-refractivity contribution in [2.75, 3.05) is 0 Å². The van der Waals surface area contributed by atoms with Gasteiger partial charge in [0, 0.05) is 29.9 Å². The molecule has 4 heteroatoms. The van der Waals surface area contributed by atoms with Crippen molar-refractivity contribution < 1.29 is 13.6 Å². The first kappa shape index (κ1) is 20.0. The van der Waals surface area contributed by atoms with E-state index in [1.165, 1.54) is 11.6 Å². The van der Waals surface area contributed by atoms with Crippen molar-refractivity contribution in [1.82, 2.24) is 4.57 Å². The normalized spacial score (nSPS) is 11.2. The SMILES string of the molecule is Cc1cc(C(=O)CCc2ccc(F)c(F)c2)c(C(C)C)n1Cc1ccccc1. The molecule has 0 unspecified atom stereocenters. The van der Waals surface area contributed by atoms with Crippen LogP contribution in [0.4, 0.5) is 8.78 Å². The number of aromatic nitrogens is 1. The predicted molar refractivity (Wildman–Crippen MR) is 108 cm³/mol. The Hall–Kier alpha value is -2.75. The number of benzene rings is 2. The molecule has 0 N–H and O–H groups in total. The van der Waals surface area contributed by atoms with Crippen LogP contribution in [0.5, 0.6) is 0 Å². The Labute approximate surface area is 164 Å². The molecule has 0 saturated heterocycles. The molecule has 0 aliphatic rings. The summed E-state index contributed by atoms with van der Waals surface area (Å²) in [4.78, 5) is 12.9. The van der Waals surface area contributed by atoms with Gasteiger partial charge in [0.1, 0.15) is 0 Å². The Balaban J connectivity index is 1.83. The van der Waals surface area contributed by atoms with E-state index in [9.17, 15) is 13.6 Å². The Bertz CT molecular complexity index is 974. The molecule has 3 aromatic rings. The average molecular weight is 381 g/mol. The molecule has 0 saturated carbocycles. The molecule has 0 aliphatic heterocycles. The molecular weight excluding hydrogens is 356 g/mol. The second-order valence-electron chi connectivity index (χ2n) is 7.48. The fraction of sp³-hybridized carbons (Fsp3) is 0.292. The number of carbonyl (C=O) groups is 1. The standard InChI is InChI=1S/C24H25F2NO/c1-16(2)24-20(13-17(3)27(24)15-19-7-5-4-6-8-19)23(28)12-10-18-9-11-21(25)22(26)14-18/h4-9,11,13-14,16H,10,12,15H2,1-3H3. The second kappa shape index (κ2) is 8.51. The maximum absolute atomic E-state index is 13.4. The average Bonchev–Trinajstić information content (AvgIpc) is 3.00. The van der Waals surface area contributed by atoms with Gasteiger partial charge in [0.25, 0.3) is 0 Å². The number of carbonyl (C=O) groups excluding carboxylic acids is 1. The number of hydrogen-bond donors (Lipinski definition) is 0. The molecule has 1 aromatic heterocycles. The molecule has 0 atom stereocenters. The minimum absolute atomic E-state index is 0.0309. The van der Waals surface area contributed by atoms with Gasteiger partial charge in [-0.3, -0.25) is 4.79 Å². The second-order valence-corrected chi connectivity index (χ2v) is 7.48. The summed E-state index contributed by atoms with van der Waals surface area (Å²) in [6.07, 6.45) is 0.649. The lowest BCUT2D eigenvalue weighted by atomic mass is 9.98. The van der Waals surface area contributed by atoms with Crippen molar-refractivity contribution in [1.29, 1.82) is 0 Å². The third-order valence-corrected chi connectivity index (χ3v) is 5.00. The summed E-state index contributed by atoms with van der Waals surface area (Å²) in [6.45, 7) is 6.91. The molecule has 2 nitrogen and oxygen atoms in total. The van der Waals surface area contributed by atoms with E-state index in [2.05, 4.69) is 30.5 Å². The maximum atomic E-state index is 13.4. The first-order valence-electron chi connectivity index (χ1n) is 9.58. The van der Waals surface area contributed by atoms with Crippen LogP contribution in [-0.4, -0.2) is 10.4 Å². The molecule has 0 amide bonds. The van der Waals surface area contributed by atoms with Crippen molar-refractivity contribution in [3.05, 3.63) is 94.3 Å². The highest BCUT2D eigenvalue weighted by molar-refractivity contribution is 5.97. The van der Waals surface area contributed by atoms with E-state index in [0.717, 1.165) is 35.6 Å². The monoisotopic (exact) mass is 381 g/mol. The summed E-state index contributed by atoms with van der Waals surface area (Å²) in [5.41, 5.74) is 4.61. The number of hydrogen-bond acceptors (Lipinski definition) is 1. The molecule has 28 heavy (non-hydrogen) atoms. The minimum atomic E-state index is -0.877. The van der Waals surface area contributed by atoms with Crippen molar-refractivity contribution in [2.45, 2.75) is 46.1 Å². The summed E-state index contributed by atoms with van der Waals surface area (Å²) in [5, 5.41) is 0. The third-order valence-electron chi connectivity index (χ3n) is 5.00. The molecule has 0 aliphatic carbocycles. The van der Waals surface area contributed by atoms with Gasteiger partial charge in [0.15, 0.2) is 17.4 Å². The van der Waals surface area contributed by atoms with Crippen LogP contribution in [0.3, 0.4) is 0 Å². The first-order chi connectivity index (χ1) is 13.4. The molecule has 1 heterocycles. The van der Waals surface area contributed by atoms with Gasteiger partial charge in [-0.05, 0) is 48.6 Å². The van der Waals surface area contributed by atoms with Gasteiger partial charge in [-0.15, -0.1) is 0 Å². The molecule has 146 valence electrons. The van der Waals surface area contributed by atoms with Crippen LogP contribution in [0.25, 0.3) is 0 Å². The molecule has 3 rings (SSSR count). The van der Waals surface area contributed by atoms with Crippen LogP contribution in [0.1, 0.15) is 59.1 Å². The number of nitrogens with zero attached hydrogens (tertiary/aromatic N) is 1. The Morgan fingerprint density at radius 2 is 1.68 bits per heavy atom. The maximum Gasteiger partial charge on any atom is 0.165 e. The van der Waals surface area contributed by atoms with E-state index in [1.54, 1.807) is 0 Å². The summed E-state index contributed by atoms with van der Waals surface area (Å²) in [5.74, 6) is -1.52. The van der Waals surface area contributed by atoms with Gasteiger partial charge in [-0.1, -0.05) is 50.2 Å². The highest BCUT2D eigenvalue weighted by Gasteiger charge is 2.21. The molecule has 0 spiro atoms. The van der Waals surface area contributed by atoms with Gasteiger partial charge < -0.3 is 4.57 Å². The number of ketones is 1. The number of halogens is 2. The van der Waals surface area contributed by atoms with Gasteiger partial charge in [-0.25, -0.2) is 8.78 Å². The quantitative estimate of drug-likeness (QED) is 0.456. The predicted octanol–water partition coefficient (Wildman–Crippen LogP) is 6.06. The topological polar surface area (TPSA) is 22.0 Å². The first-order valence-corrected chi connectivity index (χ1v) is 9.58. The van der Waals surface area contributed by atoms with Gasteiger partial charge in [0.05, 0.1) is 0 Å². The molecular formula is C24H25F2NO. The van der Waals surface area contributed by atoms with Gasteiger partial charge in [0.2, 0.25) is 0 Å². The van der Waals surface area contributed by atoms with Crippen molar-refractivity contribution >= 4 is 5.78 Å². The van der Waals surface area contributed by atoms with E-state index in [4.69, 9.17) is 0 Å². The number of aryl methyl sites for hydroxylation is 2. The van der Waals surface area contributed by atoms with E-state index < -0.39 is 11.6 Å². The zero-order valence-electron chi connectivity index (χ0n) is 16.5. The fourth-order valence-electron chi connectivity index (χ4n) is 3.61. The van der Waals surface area contributed by atoms with E-state index in [0.29, 0.717) is 12.0 Å². The lowest BCUT2D eigenvalue weighted by Gasteiger charge is -2.16. The number of Topliss-reactive ketones (excluding diaryl/α,β-unsaturated/α-hetero) is 1. The molecule has 0 fully saturated rings. The van der Waals surface area contributed by atoms with Crippen LogP contribution in [0.2, 0.25) is 0 Å². The van der Waals surface area contributed by atoms with E-state index in [1.807, 2.05) is 31.2 Å². The fourth-order valence-corrected chi connectivity index (χ4v) is 3.61. The Morgan fingerprint density at radius 3 is 2.32 bits per heavy atom. The van der Waals surface area contributed by atoms with E-state index in [-0.39, 0.29) is 18.1 Å². The molecule has 2 aromatic carbocycles. The summed E-state index contributed by atoms with van der Waals surface area (Å²) in [7, 11) is 0. The lowest BCUT2D eigenvalue weighted by molar-refractivity contribution is 0.0981.